The van der Waals surface area contributed by atoms with Gasteiger partial charge in [-0.25, -0.2) is 9.67 Å². The average molecular weight is 501 g/mol. The van der Waals surface area contributed by atoms with E-state index < -0.39 is 0 Å². The monoisotopic (exact) mass is 500 g/mol. The molecule has 0 aliphatic rings. The predicted octanol–water partition coefficient (Wildman–Crippen LogP) is 6.82. The van der Waals surface area contributed by atoms with Crippen LogP contribution in [0.3, 0.4) is 0 Å². The molecule has 0 spiro atoms. The molecule has 0 aliphatic carbocycles. The van der Waals surface area contributed by atoms with E-state index in [2.05, 4.69) is 24.0 Å². The van der Waals surface area contributed by atoms with E-state index in [1.807, 2.05) is 58.7 Å². The van der Waals surface area contributed by atoms with Crippen LogP contribution in [0.4, 0.5) is 0 Å². The Morgan fingerprint density at radius 2 is 1.91 bits per heavy atom. The van der Waals surface area contributed by atoms with Gasteiger partial charge in [-0.1, -0.05) is 60.5 Å². The van der Waals surface area contributed by atoms with Gasteiger partial charge in [-0.05, 0) is 31.2 Å². The van der Waals surface area contributed by atoms with Crippen LogP contribution in [-0.4, -0.2) is 34.6 Å². The molecule has 0 fully saturated rings. The van der Waals surface area contributed by atoms with Gasteiger partial charge >= 0.3 is 0 Å². The largest absolute Gasteiger partial charge is 0.282 e. The highest BCUT2D eigenvalue weighted by molar-refractivity contribution is 8.01. The number of fused-ring (bicyclic) bond motifs is 1. The number of pyridine rings is 1. The van der Waals surface area contributed by atoms with Crippen LogP contribution in [0, 0.1) is 6.92 Å². The third-order valence-electron chi connectivity index (χ3n) is 4.77. The zero-order chi connectivity index (χ0) is 22.4. The van der Waals surface area contributed by atoms with Crippen molar-refractivity contribution in [2.75, 3.05) is 0 Å². The lowest BCUT2D eigenvalue weighted by atomic mass is 10.2. The minimum absolute atomic E-state index is 0.405. The van der Waals surface area contributed by atoms with E-state index in [-0.39, 0.29) is 0 Å². The number of thioether (sulfide) groups is 1. The van der Waals surface area contributed by atoms with Crippen LogP contribution < -0.4 is 0 Å². The van der Waals surface area contributed by atoms with Crippen molar-refractivity contribution in [3.63, 3.8) is 0 Å². The summed E-state index contributed by atoms with van der Waals surface area (Å²) >= 11 is 15.8. The lowest BCUT2D eigenvalue weighted by Gasteiger charge is -2.05. The SMILES string of the molecule is Cc1nn(-c2nc(-c3ccc(Cl)c(Cl)c3)c(SC(C)C)s2)cc1-c1nnc2ccccn12. The fraction of sp³-hybridized carbons (Fsp3) is 0.182. The van der Waals surface area contributed by atoms with E-state index in [1.54, 1.807) is 29.2 Å². The van der Waals surface area contributed by atoms with Crippen LogP contribution >= 0.6 is 46.3 Å². The number of aryl methyl sites for hydroxylation is 1. The van der Waals surface area contributed by atoms with Gasteiger partial charge in [-0.2, -0.15) is 5.10 Å². The second-order valence-corrected chi connectivity index (χ2v) is 11.1. The Morgan fingerprint density at radius 3 is 2.69 bits per heavy atom. The number of hydrogen-bond donors (Lipinski definition) is 0. The first-order chi connectivity index (χ1) is 15.4. The molecular formula is C22H18Cl2N6S2. The molecule has 10 heteroatoms. The Morgan fingerprint density at radius 1 is 1.06 bits per heavy atom. The average Bonchev–Trinajstić information content (AvgIpc) is 3.46. The second kappa shape index (κ2) is 8.51. The summed E-state index contributed by atoms with van der Waals surface area (Å²) in [5.74, 6) is 0.752. The summed E-state index contributed by atoms with van der Waals surface area (Å²) in [6, 6.07) is 11.4. The highest BCUT2D eigenvalue weighted by Gasteiger charge is 2.20. The topological polar surface area (TPSA) is 60.9 Å². The van der Waals surface area contributed by atoms with Gasteiger partial charge in [0.05, 0.1) is 31.2 Å². The molecule has 0 aliphatic heterocycles. The van der Waals surface area contributed by atoms with Crippen LogP contribution in [0.25, 0.3) is 33.4 Å². The molecular weight excluding hydrogens is 483 g/mol. The molecule has 32 heavy (non-hydrogen) atoms. The second-order valence-electron chi connectivity index (χ2n) is 7.45. The maximum absolute atomic E-state index is 6.28. The van der Waals surface area contributed by atoms with Crippen LogP contribution in [0.2, 0.25) is 10.0 Å². The smallest absolute Gasteiger partial charge is 0.211 e. The Hall–Kier alpha value is -2.39. The zero-order valence-electron chi connectivity index (χ0n) is 17.5. The first-order valence-corrected chi connectivity index (χ1v) is 12.4. The van der Waals surface area contributed by atoms with Crippen molar-refractivity contribution in [2.24, 2.45) is 0 Å². The van der Waals surface area contributed by atoms with Gasteiger partial charge in [0, 0.05) is 23.2 Å². The van der Waals surface area contributed by atoms with Crippen LogP contribution in [-0.2, 0) is 0 Å². The van der Waals surface area contributed by atoms with Crippen LogP contribution in [0.1, 0.15) is 19.5 Å². The maximum Gasteiger partial charge on any atom is 0.211 e. The quantitative estimate of drug-likeness (QED) is 0.247. The van der Waals surface area contributed by atoms with Gasteiger partial charge < -0.3 is 0 Å². The van der Waals surface area contributed by atoms with Gasteiger partial charge in [-0.3, -0.25) is 4.40 Å². The van der Waals surface area contributed by atoms with Crippen molar-refractivity contribution in [1.82, 2.24) is 29.4 Å². The summed E-state index contributed by atoms with van der Waals surface area (Å²) in [5, 5.41) is 15.6. The van der Waals surface area contributed by atoms with Gasteiger partial charge in [0.15, 0.2) is 11.5 Å². The summed E-state index contributed by atoms with van der Waals surface area (Å²) in [6.07, 6.45) is 3.91. The van der Waals surface area contributed by atoms with Gasteiger partial charge in [0.25, 0.3) is 0 Å². The summed E-state index contributed by atoms with van der Waals surface area (Å²) in [6.45, 7) is 6.29. The highest BCUT2D eigenvalue weighted by atomic mass is 35.5. The molecule has 0 unspecified atom stereocenters. The van der Waals surface area contributed by atoms with E-state index in [0.717, 1.165) is 43.3 Å². The lowest BCUT2D eigenvalue weighted by Crippen LogP contribution is -1.94. The fourth-order valence-electron chi connectivity index (χ4n) is 3.32. The van der Waals surface area contributed by atoms with E-state index in [1.165, 1.54) is 0 Å². The molecule has 0 amide bonds. The highest BCUT2D eigenvalue weighted by Crippen LogP contribution is 2.41. The van der Waals surface area contributed by atoms with Gasteiger partial charge in [0.1, 0.15) is 0 Å². The molecule has 0 N–H and O–H groups in total. The predicted molar refractivity (Wildman–Crippen MR) is 132 cm³/mol. The lowest BCUT2D eigenvalue weighted by molar-refractivity contribution is 0.853. The molecule has 5 aromatic rings. The third kappa shape index (κ3) is 3.92. The number of benzene rings is 1. The molecule has 0 atom stereocenters. The molecule has 0 saturated carbocycles. The van der Waals surface area contributed by atoms with Crippen molar-refractivity contribution in [3.8, 4) is 27.8 Å². The number of nitrogens with zero attached hydrogens (tertiary/aromatic N) is 6. The van der Waals surface area contributed by atoms with E-state index in [4.69, 9.17) is 33.3 Å². The number of halogens is 2. The van der Waals surface area contributed by atoms with E-state index in [0.29, 0.717) is 15.3 Å². The molecule has 0 saturated heterocycles. The molecule has 0 bridgehead atoms. The first kappa shape index (κ1) is 21.5. The van der Waals surface area contributed by atoms with Crippen molar-refractivity contribution in [3.05, 3.63) is 64.5 Å². The molecule has 5 rings (SSSR count). The first-order valence-electron chi connectivity index (χ1n) is 9.90. The minimum atomic E-state index is 0.405. The summed E-state index contributed by atoms with van der Waals surface area (Å²) in [5.41, 5.74) is 4.37. The number of thiazole rings is 1. The third-order valence-corrected chi connectivity index (χ3v) is 7.77. The van der Waals surface area contributed by atoms with E-state index >= 15 is 0 Å². The standard InChI is InChI=1S/C22H18Cl2N6S2/c1-12(2)31-21-19(14-7-8-16(23)17(24)10-14)25-22(32-21)30-11-15(13(3)28-30)20-27-26-18-6-4-5-9-29(18)20/h4-12H,1-3H3. The molecule has 1 aromatic carbocycles. The fourth-order valence-corrected chi connectivity index (χ4v) is 6.06. The van der Waals surface area contributed by atoms with Gasteiger partial charge in [-0.15, -0.1) is 22.0 Å². The number of aromatic nitrogens is 6. The van der Waals surface area contributed by atoms with Crippen LogP contribution in [0.15, 0.2) is 53.0 Å². The Kier molecular flexibility index (Phi) is 5.71. The Bertz CT molecular complexity index is 1440. The number of hydrogen-bond acceptors (Lipinski definition) is 6. The summed E-state index contributed by atoms with van der Waals surface area (Å²) in [7, 11) is 0. The van der Waals surface area contributed by atoms with Crippen LogP contribution in [0.5, 0.6) is 0 Å². The number of rotatable bonds is 5. The summed E-state index contributed by atoms with van der Waals surface area (Å²) in [4.78, 5) is 4.93. The molecule has 6 nitrogen and oxygen atoms in total. The maximum atomic E-state index is 6.28. The minimum Gasteiger partial charge on any atom is -0.282 e. The molecule has 0 radical (unpaired) electrons. The van der Waals surface area contributed by atoms with E-state index in [9.17, 15) is 0 Å². The van der Waals surface area contributed by atoms with Crippen molar-refractivity contribution in [1.29, 1.82) is 0 Å². The van der Waals surface area contributed by atoms with Gasteiger partial charge in [0.2, 0.25) is 5.13 Å². The Labute approximate surface area is 203 Å². The van der Waals surface area contributed by atoms with Crippen molar-refractivity contribution < 1.29 is 0 Å². The normalized spacial score (nSPS) is 11.7. The summed E-state index contributed by atoms with van der Waals surface area (Å²) < 4.78 is 4.87. The molecule has 162 valence electrons. The molecule has 4 heterocycles. The molecule has 4 aromatic heterocycles. The van der Waals surface area contributed by atoms with Crippen molar-refractivity contribution >= 4 is 51.9 Å². The zero-order valence-corrected chi connectivity index (χ0v) is 20.6. The Balaban J connectivity index is 1.60. The van der Waals surface area contributed by atoms with Crippen molar-refractivity contribution in [2.45, 2.75) is 30.2 Å².